The number of halogens is 1. The van der Waals surface area contributed by atoms with Gasteiger partial charge in [-0.1, -0.05) is 11.8 Å². The SMILES string of the molecule is CCn1c(SCC(=O)Nc2ccc(F)cc2)nc2ncccc2c1=O. The lowest BCUT2D eigenvalue weighted by molar-refractivity contribution is -0.113. The molecule has 1 amide bonds. The Morgan fingerprint density at radius 3 is 2.76 bits per heavy atom. The Hall–Kier alpha value is -2.74. The molecule has 0 saturated heterocycles. The van der Waals surface area contributed by atoms with Crippen molar-refractivity contribution in [1.82, 2.24) is 14.5 Å². The molecule has 2 heterocycles. The predicted molar refractivity (Wildman–Crippen MR) is 95.2 cm³/mol. The third-order valence-corrected chi connectivity index (χ3v) is 4.45. The number of thioether (sulfide) groups is 1. The highest BCUT2D eigenvalue weighted by molar-refractivity contribution is 7.99. The molecule has 25 heavy (non-hydrogen) atoms. The number of aromatic nitrogens is 3. The van der Waals surface area contributed by atoms with Crippen molar-refractivity contribution in [2.75, 3.05) is 11.1 Å². The summed E-state index contributed by atoms with van der Waals surface area (Å²) in [6, 6.07) is 8.88. The Morgan fingerprint density at radius 1 is 1.28 bits per heavy atom. The molecular weight excluding hydrogens is 343 g/mol. The van der Waals surface area contributed by atoms with Crippen LogP contribution in [0, 0.1) is 5.82 Å². The van der Waals surface area contributed by atoms with Gasteiger partial charge in [-0.2, -0.15) is 0 Å². The molecule has 2 aromatic heterocycles. The minimum absolute atomic E-state index is 0.0716. The molecule has 8 heteroatoms. The molecule has 1 aromatic carbocycles. The highest BCUT2D eigenvalue weighted by atomic mass is 32.2. The third-order valence-electron chi connectivity index (χ3n) is 3.47. The van der Waals surface area contributed by atoms with Crippen LogP contribution in [0.5, 0.6) is 0 Å². The summed E-state index contributed by atoms with van der Waals surface area (Å²) in [5.74, 6) is -0.566. The number of pyridine rings is 1. The van der Waals surface area contributed by atoms with Crippen molar-refractivity contribution >= 4 is 34.4 Å². The van der Waals surface area contributed by atoms with Gasteiger partial charge in [-0.15, -0.1) is 0 Å². The first-order chi connectivity index (χ1) is 12.1. The highest BCUT2D eigenvalue weighted by Crippen LogP contribution is 2.17. The van der Waals surface area contributed by atoms with Gasteiger partial charge in [0.05, 0.1) is 11.1 Å². The number of nitrogens with one attached hydrogen (secondary N) is 1. The number of rotatable bonds is 5. The minimum atomic E-state index is -0.368. The van der Waals surface area contributed by atoms with Crippen molar-refractivity contribution in [2.45, 2.75) is 18.6 Å². The van der Waals surface area contributed by atoms with Gasteiger partial charge in [-0.25, -0.2) is 14.4 Å². The third kappa shape index (κ3) is 3.85. The largest absolute Gasteiger partial charge is 0.325 e. The predicted octanol–water partition coefficient (Wildman–Crippen LogP) is 2.68. The maximum atomic E-state index is 12.9. The van der Waals surface area contributed by atoms with Crippen LogP contribution in [0.1, 0.15) is 6.92 Å². The molecule has 0 unspecified atom stereocenters. The normalized spacial score (nSPS) is 10.8. The number of benzene rings is 1. The molecule has 3 aromatic rings. The lowest BCUT2D eigenvalue weighted by atomic mass is 10.3. The maximum Gasteiger partial charge on any atom is 0.263 e. The first kappa shape index (κ1) is 17.1. The highest BCUT2D eigenvalue weighted by Gasteiger charge is 2.13. The lowest BCUT2D eigenvalue weighted by Gasteiger charge is -2.10. The average Bonchev–Trinajstić information content (AvgIpc) is 2.62. The second-order valence-corrected chi connectivity index (χ2v) is 6.10. The first-order valence-electron chi connectivity index (χ1n) is 7.62. The van der Waals surface area contributed by atoms with Crippen molar-refractivity contribution in [2.24, 2.45) is 0 Å². The summed E-state index contributed by atoms with van der Waals surface area (Å²) in [6.45, 7) is 2.28. The molecule has 0 radical (unpaired) electrons. The summed E-state index contributed by atoms with van der Waals surface area (Å²) in [5.41, 5.74) is 0.689. The summed E-state index contributed by atoms with van der Waals surface area (Å²) >= 11 is 1.16. The number of nitrogens with zero attached hydrogens (tertiary/aromatic N) is 3. The molecule has 3 rings (SSSR count). The van der Waals surface area contributed by atoms with Crippen molar-refractivity contribution in [1.29, 1.82) is 0 Å². The number of hydrogen-bond acceptors (Lipinski definition) is 5. The molecule has 0 fully saturated rings. The Labute approximate surface area is 147 Å². The van der Waals surface area contributed by atoms with Crippen LogP contribution >= 0.6 is 11.8 Å². The number of hydrogen-bond donors (Lipinski definition) is 1. The molecule has 0 aliphatic rings. The molecule has 6 nitrogen and oxygen atoms in total. The second-order valence-electron chi connectivity index (χ2n) is 5.16. The van der Waals surface area contributed by atoms with Gasteiger partial charge in [-0.05, 0) is 43.3 Å². The van der Waals surface area contributed by atoms with E-state index in [4.69, 9.17) is 0 Å². The van der Waals surface area contributed by atoms with Crippen LogP contribution in [0.15, 0.2) is 52.5 Å². The van der Waals surface area contributed by atoms with E-state index in [0.29, 0.717) is 28.4 Å². The van der Waals surface area contributed by atoms with E-state index in [1.54, 1.807) is 18.3 Å². The number of amides is 1. The molecule has 0 atom stereocenters. The van der Waals surface area contributed by atoms with Crippen LogP contribution < -0.4 is 10.9 Å². The smallest absolute Gasteiger partial charge is 0.263 e. The fraction of sp³-hybridized carbons (Fsp3) is 0.176. The fourth-order valence-corrected chi connectivity index (χ4v) is 3.14. The van der Waals surface area contributed by atoms with Crippen LogP contribution in [0.3, 0.4) is 0 Å². The van der Waals surface area contributed by atoms with Crippen molar-refractivity contribution in [3.8, 4) is 0 Å². The molecule has 0 bridgehead atoms. The summed E-state index contributed by atoms with van der Waals surface area (Å²) in [6.07, 6.45) is 1.57. The van der Waals surface area contributed by atoms with Crippen LogP contribution in [0.4, 0.5) is 10.1 Å². The zero-order valence-corrected chi connectivity index (χ0v) is 14.2. The zero-order chi connectivity index (χ0) is 17.8. The van der Waals surface area contributed by atoms with Crippen molar-refractivity contribution in [3.05, 3.63) is 58.8 Å². The monoisotopic (exact) mass is 358 g/mol. The van der Waals surface area contributed by atoms with Gasteiger partial charge in [0, 0.05) is 18.4 Å². The zero-order valence-electron chi connectivity index (χ0n) is 13.4. The topological polar surface area (TPSA) is 76.9 Å². The number of carbonyl (C=O) groups excluding carboxylic acids is 1. The standard InChI is InChI=1S/C17H15FN4O2S/c1-2-22-16(24)13-4-3-9-19-15(13)21-17(22)25-10-14(23)20-12-7-5-11(18)6-8-12/h3-9H,2,10H2,1H3,(H,20,23). The van der Waals surface area contributed by atoms with E-state index in [9.17, 15) is 14.0 Å². The first-order valence-corrected chi connectivity index (χ1v) is 8.61. The Bertz CT molecular complexity index is 973. The van der Waals surface area contributed by atoms with Gasteiger partial charge in [0.25, 0.3) is 5.56 Å². The fourth-order valence-electron chi connectivity index (χ4n) is 2.29. The summed E-state index contributed by atoms with van der Waals surface area (Å²) in [4.78, 5) is 33.0. The minimum Gasteiger partial charge on any atom is -0.325 e. The van der Waals surface area contributed by atoms with E-state index in [-0.39, 0.29) is 23.0 Å². The molecule has 0 aliphatic carbocycles. The van der Waals surface area contributed by atoms with Crippen LogP contribution in [0.25, 0.3) is 11.0 Å². The summed E-state index contributed by atoms with van der Waals surface area (Å²) in [5, 5.41) is 3.56. The quantitative estimate of drug-likeness (QED) is 0.560. The average molecular weight is 358 g/mol. The van der Waals surface area contributed by atoms with E-state index < -0.39 is 0 Å². The van der Waals surface area contributed by atoms with Gasteiger partial charge >= 0.3 is 0 Å². The van der Waals surface area contributed by atoms with Gasteiger partial charge in [0.15, 0.2) is 10.8 Å². The maximum absolute atomic E-state index is 12.9. The van der Waals surface area contributed by atoms with E-state index in [1.807, 2.05) is 6.92 Å². The lowest BCUT2D eigenvalue weighted by Crippen LogP contribution is -2.23. The number of fused-ring (bicyclic) bond motifs is 1. The van der Waals surface area contributed by atoms with E-state index in [1.165, 1.54) is 28.8 Å². The van der Waals surface area contributed by atoms with Gasteiger partial charge in [0.2, 0.25) is 5.91 Å². The molecule has 0 saturated carbocycles. The number of anilines is 1. The molecule has 0 aliphatic heterocycles. The molecular formula is C17H15FN4O2S. The van der Waals surface area contributed by atoms with Crippen molar-refractivity contribution < 1.29 is 9.18 Å². The Kier molecular flexibility index (Phi) is 5.08. The van der Waals surface area contributed by atoms with Gasteiger partial charge in [0.1, 0.15) is 5.82 Å². The summed E-state index contributed by atoms with van der Waals surface area (Å²) < 4.78 is 14.4. The van der Waals surface area contributed by atoms with E-state index in [2.05, 4.69) is 15.3 Å². The molecule has 0 spiro atoms. The van der Waals surface area contributed by atoms with Crippen molar-refractivity contribution in [3.63, 3.8) is 0 Å². The second kappa shape index (κ2) is 7.43. The van der Waals surface area contributed by atoms with Gasteiger partial charge < -0.3 is 5.32 Å². The Morgan fingerprint density at radius 2 is 2.04 bits per heavy atom. The van der Waals surface area contributed by atoms with Gasteiger partial charge in [-0.3, -0.25) is 14.2 Å². The Balaban J connectivity index is 1.77. The van der Waals surface area contributed by atoms with Crippen LogP contribution in [-0.4, -0.2) is 26.2 Å². The van der Waals surface area contributed by atoms with E-state index in [0.717, 1.165) is 11.8 Å². The number of carbonyl (C=O) groups is 1. The molecule has 128 valence electrons. The molecule has 1 N–H and O–H groups in total. The van der Waals surface area contributed by atoms with Crippen LogP contribution in [-0.2, 0) is 11.3 Å². The van der Waals surface area contributed by atoms with E-state index >= 15 is 0 Å². The summed E-state index contributed by atoms with van der Waals surface area (Å²) in [7, 11) is 0. The van der Waals surface area contributed by atoms with Crippen LogP contribution in [0.2, 0.25) is 0 Å².